The smallest absolute Gasteiger partial charge is 0.232 e. The van der Waals surface area contributed by atoms with Crippen LogP contribution in [0.5, 0.6) is 0 Å². The number of hydrogen-bond donors (Lipinski definition) is 0. The van der Waals surface area contributed by atoms with Gasteiger partial charge in [0.25, 0.3) is 0 Å². The van der Waals surface area contributed by atoms with Gasteiger partial charge in [0.05, 0.1) is 5.41 Å². The lowest BCUT2D eigenvalue weighted by Gasteiger charge is -2.50. The summed E-state index contributed by atoms with van der Waals surface area (Å²) in [6, 6.07) is 6.87. The number of benzene rings is 1. The number of hydrogen-bond acceptors (Lipinski definition) is 4. The second-order valence-electron chi connectivity index (χ2n) is 8.38. The van der Waals surface area contributed by atoms with Crippen LogP contribution in [-0.2, 0) is 11.2 Å². The molecule has 0 spiro atoms. The molecule has 6 heteroatoms. The van der Waals surface area contributed by atoms with Crippen LogP contribution in [0.4, 0.5) is 9.52 Å². The van der Waals surface area contributed by atoms with Gasteiger partial charge in [0.1, 0.15) is 5.82 Å². The highest BCUT2D eigenvalue weighted by atomic mass is 32.1. The Labute approximate surface area is 163 Å². The van der Waals surface area contributed by atoms with Crippen molar-refractivity contribution in [3.8, 4) is 0 Å². The number of carbonyl (C=O) groups excluding carboxylic acids is 1. The van der Waals surface area contributed by atoms with Crippen LogP contribution in [0.3, 0.4) is 0 Å². The SMILES string of the molecule is O=C(N1C[C@H]2CCC[C@H]2C1)C1(Cc2ccccc2F)CN(c2nccs2)C1. The van der Waals surface area contributed by atoms with Crippen molar-refractivity contribution in [3.63, 3.8) is 0 Å². The van der Waals surface area contributed by atoms with E-state index in [0.717, 1.165) is 18.2 Å². The zero-order valence-electron chi connectivity index (χ0n) is 15.3. The maximum atomic E-state index is 14.3. The summed E-state index contributed by atoms with van der Waals surface area (Å²) >= 11 is 1.59. The van der Waals surface area contributed by atoms with Crippen LogP contribution in [0.15, 0.2) is 35.8 Å². The molecule has 1 aliphatic carbocycles. The van der Waals surface area contributed by atoms with Crippen molar-refractivity contribution in [1.82, 2.24) is 9.88 Å². The Morgan fingerprint density at radius 2 is 1.96 bits per heavy atom. The average molecular weight is 386 g/mol. The van der Waals surface area contributed by atoms with E-state index in [9.17, 15) is 9.18 Å². The number of likely N-dealkylation sites (tertiary alicyclic amines) is 1. The number of halogens is 1. The first-order chi connectivity index (χ1) is 13.1. The first-order valence-corrected chi connectivity index (χ1v) is 10.7. The molecule has 1 amide bonds. The summed E-state index contributed by atoms with van der Waals surface area (Å²) < 4.78 is 14.3. The van der Waals surface area contributed by atoms with Gasteiger partial charge in [-0.1, -0.05) is 24.6 Å². The van der Waals surface area contributed by atoms with E-state index < -0.39 is 5.41 Å². The zero-order valence-corrected chi connectivity index (χ0v) is 16.1. The van der Waals surface area contributed by atoms with Crippen molar-refractivity contribution >= 4 is 22.4 Å². The Kier molecular flexibility index (Phi) is 4.19. The van der Waals surface area contributed by atoms with Crippen molar-refractivity contribution in [3.05, 3.63) is 47.2 Å². The van der Waals surface area contributed by atoms with E-state index in [2.05, 4.69) is 14.8 Å². The summed E-state index contributed by atoms with van der Waals surface area (Å²) in [5, 5.41) is 2.90. The van der Waals surface area contributed by atoms with Crippen LogP contribution in [0.25, 0.3) is 0 Å². The Morgan fingerprint density at radius 1 is 1.22 bits per heavy atom. The van der Waals surface area contributed by atoms with Gasteiger partial charge in [0.15, 0.2) is 5.13 Å². The molecule has 2 atom stereocenters. The molecule has 4 nitrogen and oxygen atoms in total. The van der Waals surface area contributed by atoms with Gasteiger partial charge in [-0.25, -0.2) is 9.37 Å². The minimum Gasteiger partial charge on any atom is -0.346 e. The monoisotopic (exact) mass is 385 g/mol. The Hall–Kier alpha value is -1.95. The van der Waals surface area contributed by atoms with Crippen molar-refractivity contribution in [1.29, 1.82) is 0 Å². The number of aromatic nitrogens is 1. The van der Waals surface area contributed by atoms with Gasteiger partial charge in [-0.15, -0.1) is 11.3 Å². The molecular formula is C21H24FN3OS. The van der Waals surface area contributed by atoms with Gasteiger partial charge in [0.2, 0.25) is 5.91 Å². The zero-order chi connectivity index (χ0) is 18.4. The number of anilines is 1. The Morgan fingerprint density at radius 3 is 2.63 bits per heavy atom. The van der Waals surface area contributed by atoms with E-state index in [1.165, 1.54) is 25.3 Å². The van der Waals surface area contributed by atoms with Gasteiger partial charge >= 0.3 is 0 Å². The van der Waals surface area contributed by atoms with Gasteiger partial charge in [0, 0.05) is 37.8 Å². The second-order valence-corrected chi connectivity index (χ2v) is 9.25. The third kappa shape index (κ3) is 2.94. The second kappa shape index (κ2) is 6.59. The molecule has 3 fully saturated rings. The fraction of sp³-hybridized carbons (Fsp3) is 0.524. The number of thiazole rings is 1. The van der Waals surface area contributed by atoms with Gasteiger partial charge in [-0.2, -0.15) is 0 Å². The van der Waals surface area contributed by atoms with E-state index in [1.54, 1.807) is 23.6 Å². The predicted octanol–water partition coefficient (Wildman–Crippen LogP) is 3.59. The number of rotatable bonds is 4. The van der Waals surface area contributed by atoms with Gasteiger partial charge in [-0.05, 0) is 42.7 Å². The van der Waals surface area contributed by atoms with Crippen molar-refractivity contribution in [2.75, 3.05) is 31.1 Å². The normalized spacial score (nSPS) is 26.1. The number of amides is 1. The quantitative estimate of drug-likeness (QED) is 0.807. The Balaban J connectivity index is 1.39. The molecule has 0 radical (unpaired) electrons. The van der Waals surface area contributed by atoms with E-state index in [1.807, 2.05) is 17.5 Å². The molecule has 1 saturated carbocycles. The van der Waals surface area contributed by atoms with E-state index >= 15 is 0 Å². The molecule has 1 aromatic heterocycles. The van der Waals surface area contributed by atoms with Gasteiger partial charge in [-0.3, -0.25) is 4.79 Å². The minimum atomic E-state index is -0.535. The molecule has 3 aliphatic rings. The van der Waals surface area contributed by atoms with Crippen molar-refractivity contribution < 1.29 is 9.18 Å². The van der Waals surface area contributed by atoms with Crippen LogP contribution < -0.4 is 4.90 Å². The van der Waals surface area contributed by atoms with E-state index in [-0.39, 0.29) is 11.7 Å². The van der Waals surface area contributed by atoms with Crippen LogP contribution in [-0.4, -0.2) is 42.0 Å². The highest BCUT2D eigenvalue weighted by molar-refractivity contribution is 7.13. The van der Waals surface area contributed by atoms with E-state index in [4.69, 9.17) is 0 Å². The molecule has 0 N–H and O–H groups in total. The predicted molar refractivity (Wildman–Crippen MR) is 104 cm³/mol. The van der Waals surface area contributed by atoms with Crippen LogP contribution in [0.2, 0.25) is 0 Å². The molecule has 2 aromatic rings. The molecular weight excluding hydrogens is 361 g/mol. The first kappa shape index (κ1) is 17.2. The van der Waals surface area contributed by atoms with Crippen molar-refractivity contribution in [2.45, 2.75) is 25.7 Å². The summed E-state index contributed by atoms with van der Waals surface area (Å²) in [6.07, 6.45) is 6.06. The van der Waals surface area contributed by atoms with Crippen LogP contribution in [0, 0.1) is 23.1 Å². The third-order valence-electron chi connectivity index (χ3n) is 6.63. The summed E-state index contributed by atoms with van der Waals surface area (Å²) in [4.78, 5) is 22.2. The van der Waals surface area contributed by atoms with E-state index in [0.29, 0.717) is 36.9 Å². The summed E-state index contributed by atoms with van der Waals surface area (Å²) in [5.41, 5.74) is 0.107. The lowest BCUT2D eigenvalue weighted by atomic mass is 9.73. The molecule has 27 heavy (non-hydrogen) atoms. The highest BCUT2D eigenvalue weighted by Gasteiger charge is 2.53. The molecule has 2 saturated heterocycles. The molecule has 2 aliphatic heterocycles. The minimum absolute atomic E-state index is 0.212. The summed E-state index contributed by atoms with van der Waals surface area (Å²) in [5.74, 6) is 1.35. The summed E-state index contributed by atoms with van der Waals surface area (Å²) in [6.45, 7) is 3.03. The summed E-state index contributed by atoms with van der Waals surface area (Å²) in [7, 11) is 0. The number of fused-ring (bicyclic) bond motifs is 1. The molecule has 142 valence electrons. The molecule has 0 unspecified atom stereocenters. The largest absolute Gasteiger partial charge is 0.346 e. The lowest BCUT2D eigenvalue weighted by Crippen LogP contribution is -2.65. The van der Waals surface area contributed by atoms with Crippen molar-refractivity contribution in [2.24, 2.45) is 17.3 Å². The fourth-order valence-electron chi connectivity index (χ4n) is 5.26. The standard InChI is InChI=1S/C21H24FN3OS/c22-18-7-2-1-4-15(18)10-21(13-25(14-21)20-23-8-9-27-20)19(26)24-11-16-5-3-6-17(16)12-24/h1-2,4,7-9,16-17H,3,5-6,10-14H2/t16-,17+. The lowest BCUT2D eigenvalue weighted by molar-refractivity contribution is -0.143. The maximum Gasteiger partial charge on any atom is 0.232 e. The average Bonchev–Trinajstić information content (AvgIpc) is 3.35. The third-order valence-corrected chi connectivity index (χ3v) is 7.46. The fourth-order valence-corrected chi connectivity index (χ4v) is 5.90. The maximum absolute atomic E-state index is 14.3. The van der Waals surface area contributed by atoms with Gasteiger partial charge < -0.3 is 9.80 Å². The molecule has 0 bridgehead atoms. The number of carbonyl (C=O) groups is 1. The van der Waals surface area contributed by atoms with Crippen LogP contribution >= 0.6 is 11.3 Å². The number of nitrogens with zero attached hydrogens (tertiary/aromatic N) is 3. The van der Waals surface area contributed by atoms with Crippen LogP contribution in [0.1, 0.15) is 24.8 Å². The molecule has 1 aromatic carbocycles. The Bertz CT molecular complexity index is 822. The molecule has 3 heterocycles. The highest BCUT2D eigenvalue weighted by Crippen LogP contribution is 2.44. The topological polar surface area (TPSA) is 36.4 Å². The first-order valence-electron chi connectivity index (χ1n) is 9.82. The molecule has 5 rings (SSSR count).